The molecule has 0 spiro atoms. The molecule has 1 aliphatic carbocycles. The van der Waals surface area contributed by atoms with Gasteiger partial charge in [-0.1, -0.05) is 19.9 Å². The van der Waals surface area contributed by atoms with Gasteiger partial charge in [-0.25, -0.2) is 0 Å². The molecule has 20 heavy (non-hydrogen) atoms. The van der Waals surface area contributed by atoms with E-state index in [-0.39, 0.29) is 0 Å². The van der Waals surface area contributed by atoms with Gasteiger partial charge in [-0.05, 0) is 56.2 Å². The fraction of sp³-hybridized carbons (Fsp3) is 0.556. The van der Waals surface area contributed by atoms with Crippen molar-refractivity contribution in [3.8, 4) is 0 Å². The van der Waals surface area contributed by atoms with Crippen LogP contribution in [0.1, 0.15) is 49.1 Å². The molecule has 0 saturated heterocycles. The number of aryl methyl sites for hydroxylation is 2. The summed E-state index contributed by atoms with van der Waals surface area (Å²) < 4.78 is 6.18. The highest BCUT2D eigenvalue weighted by atomic mass is 16.3. The smallest absolute Gasteiger partial charge is 0.135 e. The molecule has 108 valence electrons. The van der Waals surface area contributed by atoms with Crippen LogP contribution in [0.5, 0.6) is 0 Å². The van der Waals surface area contributed by atoms with Crippen LogP contribution in [0.4, 0.5) is 0 Å². The molecule has 0 radical (unpaired) electrons. The maximum Gasteiger partial charge on any atom is 0.135 e. The van der Waals surface area contributed by atoms with Gasteiger partial charge in [0.25, 0.3) is 0 Å². The van der Waals surface area contributed by atoms with E-state index in [0.717, 1.165) is 30.4 Å². The van der Waals surface area contributed by atoms with Crippen molar-refractivity contribution in [2.45, 2.75) is 59.5 Å². The van der Waals surface area contributed by atoms with E-state index in [1.54, 1.807) is 0 Å². The van der Waals surface area contributed by atoms with Crippen LogP contribution in [0.3, 0.4) is 0 Å². The Labute approximate surface area is 121 Å². The lowest BCUT2D eigenvalue weighted by Gasteiger charge is -2.08. The molecule has 1 aromatic carbocycles. The fourth-order valence-corrected chi connectivity index (χ4v) is 3.02. The Morgan fingerprint density at radius 2 is 2.00 bits per heavy atom. The summed E-state index contributed by atoms with van der Waals surface area (Å²) in [4.78, 5) is 0. The second kappa shape index (κ2) is 5.25. The van der Waals surface area contributed by atoms with Crippen LogP contribution in [0.25, 0.3) is 11.0 Å². The largest absolute Gasteiger partial charge is 0.459 e. The summed E-state index contributed by atoms with van der Waals surface area (Å²) in [5.41, 5.74) is 5.10. The van der Waals surface area contributed by atoms with Gasteiger partial charge in [-0.2, -0.15) is 0 Å². The number of benzene rings is 1. The van der Waals surface area contributed by atoms with Gasteiger partial charge in [-0.3, -0.25) is 0 Å². The molecule has 1 N–H and O–H groups in total. The summed E-state index contributed by atoms with van der Waals surface area (Å²) in [6, 6.07) is 5.16. The highest BCUT2D eigenvalue weighted by Gasteiger charge is 2.23. The van der Waals surface area contributed by atoms with Gasteiger partial charge in [0.05, 0.1) is 6.54 Å². The average molecular weight is 271 g/mol. The van der Waals surface area contributed by atoms with Crippen LogP contribution < -0.4 is 5.32 Å². The first-order valence-electron chi connectivity index (χ1n) is 7.79. The minimum atomic E-state index is 0.649. The standard InChI is InChI=1S/C18H25NO/c1-11(2)7-15-17(10-19-14-5-6-14)20-16-9-12(3)8-13(4)18(15)16/h8-9,11,14,19H,5-7,10H2,1-4H3. The first-order chi connectivity index (χ1) is 9.54. The third kappa shape index (κ3) is 2.76. The molecule has 1 heterocycles. The molecule has 0 aliphatic heterocycles. The Kier molecular flexibility index (Phi) is 3.59. The normalized spacial score (nSPS) is 15.4. The van der Waals surface area contributed by atoms with Crippen molar-refractivity contribution in [3.05, 3.63) is 34.6 Å². The summed E-state index contributed by atoms with van der Waals surface area (Å²) in [7, 11) is 0. The van der Waals surface area contributed by atoms with Crippen molar-refractivity contribution in [3.63, 3.8) is 0 Å². The zero-order valence-electron chi connectivity index (χ0n) is 13.0. The first kappa shape index (κ1) is 13.7. The lowest BCUT2D eigenvalue weighted by atomic mass is 9.96. The van der Waals surface area contributed by atoms with E-state index < -0.39 is 0 Å². The molecule has 1 aromatic heterocycles. The summed E-state index contributed by atoms with van der Waals surface area (Å²) in [6.07, 6.45) is 3.73. The molecule has 1 fully saturated rings. The Bertz CT molecular complexity index is 620. The molecule has 2 nitrogen and oxygen atoms in total. The number of fused-ring (bicyclic) bond motifs is 1. The minimum Gasteiger partial charge on any atom is -0.459 e. The van der Waals surface area contributed by atoms with Gasteiger partial charge < -0.3 is 9.73 Å². The number of nitrogens with one attached hydrogen (secondary N) is 1. The third-order valence-corrected chi connectivity index (χ3v) is 4.06. The number of furan rings is 1. The van der Waals surface area contributed by atoms with Gasteiger partial charge in [0.15, 0.2) is 0 Å². The molecule has 0 amide bonds. The van der Waals surface area contributed by atoms with E-state index in [1.807, 2.05) is 0 Å². The van der Waals surface area contributed by atoms with E-state index in [0.29, 0.717) is 5.92 Å². The Balaban J connectivity index is 2.03. The third-order valence-electron chi connectivity index (χ3n) is 4.06. The van der Waals surface area contributed by atoms with Crippen molar-refractivity contribution in [1.82, 2.24) is 5.32 Å². The highest BCUT2D eigenvalue weighted by Crippen LogP contribution is 2.32. The first-order valence-corrected chi connectivity index (χ1v) is 7.79. The Hall–Kier alpha value is -1.28. The van der Waals surface area contributed by atoms with E-state index in [1.165, 1.54) is 34.9 Å². The summed E-state index contributed by atoms with van der Waals surface area (Å²) in [5.74, 6) is 1.80. The van der Waals surface area contributed by atoms with Gasteiger partial charge in [0.2, 0.25) is 0 Å². The van der Waals surface area contributed by atoms with Gasteiger partial charge in [0, 0.05) is 17.0 Å². The van der Waals surface area contributed by atoms with Crippen molar-refractivity contribution < 1.29 is 4.42 Å². The van der Waals surface area contributed by atoms with Gasteiger partial charge in [-0.15, -0.1) is 0 Å². The second-order valence-electron chi connectivity index (χ2n) is 6.71. The van der Waals surface area contributed by atoms with Crippen LogP contribution in [-0.2, 0) is 13.0 Å². The number of hydrogen-bond acceptors (Lipinski definition) is 2. The topological polar surface area (TPSA) is 25.2 Å². The predicted octanol–water partition coefficient (Wildman–Crippen LogP) is 4.50. The van der Waals surface area contributed by atoms with Crippen molar-refractivity contribution in [2.75, 3.05) is 0 Å². The average Bonchev–Trinajstić information content (AvgIpc) is 3.10. The summed E-state index contributed by atoms with van der Waals surface area (Å²) >= 11 is 0. The van der Waals surface area contributed by atoms with Crippen molar-refractivity contribution in [2.24, 2.45) is 5.92 Å². The minimum absolute atomic E-state index is 0.649. The summed E-state index contributed by atoms with van der Waals surface area (Å²) in [6.45, 7) is 9.77. The molecule has 1 aliphatic rings. The van der Waals surface area contributed by atoms with E-state index in [9.17, 15) is 0 Å². The second-order valence-corrected chi connectivity index (χ2v) is 6.71. The molecule has 2 aromatic rings. The molecular formula is C18H25NO. The van der Waals surface area contributed by atoms with Crippen LogP contribution >= 0.6 is 0 Å². The Morgan fingerprint density at radius 3 is 2.65 bits per heavy atom. The lowest BCUT2D eigenvalue weighted by Crippen LogP contribution is -2.16. The fourth-order valence-electron chi connectivity index (χ4n) is 3.02. The van der Waals surface area contributed by atoms with Crippen LogP contribution in [0.15, 0.2) is 16.5 Å². The highest BCUT2D eigenvalue weighted by molar-refractivity contribution is 5.86. The number of rotatable bonds is 5. The van der Waals surface area contributed by atoms with Crippen LogP contribution in [0.2, 0.25) is 0 Å². The van der Waals surface area contributed by atoms with Crippen LogP contribution in [-0.4, -0.2) is 6.04 Å². The number of hydrogen-bond donors (Lipinski definition) is 1. The lowest BCUT2D eigenvalue weighted by molar-refractivity contribution is 0.500. The quantitative estimate of drug-likeness (QED) is 0.866. The van der Waals surface area contributed by atoms with E-state index in [4.69, 9.17) is 4.42 Å². The maximum atomic E-state index is 6.18. The SMILES string of the molecule is Cc1cc(C)c2c(CC(C)C)c(CNC3CC3)oc2c1. The molecule has 3 rings (SSSR count). The zero-order chi connectivity index (χ0) is 14.3. The maximum absolute atomic E-state index is 6.18. The van der Waals surface area contributed by atoms with Gasteiger partial charge in [0.1, 0.15) is 11.3 Å². The van der Waals surface area contributed by atoms with Crippen molar-refractivity contribution >= 4 is 11.0 Å². The Morgan fingerprint density at radius 1 is 1.25 bits per heavy atom. The predicted molar refractivity (Wildman–Crippen MR) is 84.1 cm³/mol. The van der Waals surface area contributed by atoms with Gasteiger partial charge >= 0.3 is 0 Å². The molecular weight excluding hydrogens is 246 g/mol. The zero-order valence-corrected chi connectivity index (χ0v) is 13.0. The van der Waals surface area contributed by atoms with E-state index in [2.05, 4.69) is 45.1 Å². The molecule has 0 atom stereocenters. The van der Waals surface area contributed by atoms with Crippen molar-refractivity contribution in [1.29, 1.82) is 0 Å². The molecule has 1 saturated carbocycles. The van der Waals surface area contributed by atoms with E-state index >= 15 is 0 Å². The van der Waals surface area contributed by atoms with Crippen LogP contribution in [0, 0.1) is 19.8 Å². The monoisotopic (exact) mass is 271 g/mol. The summed E-state index contributed by atoms with van der Waals surface area (Å²) in [5, 5.41) is 4.93. The molecule has 0 bridgehead atoms. The molecule has 2 heteroatoms. The molecule has 0 unspecified atom stereocenters.